The predicted octanol–water partition coefficient (Wildman–Crippen LogP) is 5.26. The summed E-state index contributed by atoms with van der Waals surface area (Å²) in [4.78, 5) is 14.7. The van der Waals surface area contributed by atoms with Gasteiger partial charge in [-0.3, -0.25) is 4.79 Å². The minimum absolute atomic E-state index is 0.0638. The topological polar surface area (TPSA) is 52.9 Å². The summed E-state index contributed by atoms with van der Waals surface area (Å²) >= 11 is 1.62. The second kappa shape index (κ2) is 6.89. The fraction of sp³-hybridized carbons (Fsp3) is 0.455. The standard InChI is InChI=1S/C22H24N2OS/c1-15-8-10-16(11-9-15)22(12-4-5-13-22)21(25)24-20-18(14-23)17-6-2-3-7-19(17)26-20/h8-11H,2-7,12-13H2,1H3,(H,24,25). The van der Waals surface area contributed by atoms with Crippen LogP contribution in [0.5, 0.6) is 0 Å². The SMILES string of the molecule is Cc1ccc(C2(C(=O)Nc3sc4c(c3C#N)CCCC4)CCCC2)cc1. The molecule has 1 amide bonds. The molecule has 134 valence electrons. The predicted molar refractivity (Wildman–Crippen MR) is 106 cm³/mol. The zero-order valence-electron chi connectivity index (χ0n) is 15.2. The van der Waals surface area contributed by atoms with Crippen LogP contribution in [0.4, 0.5) is 5.00 Å². The number of nitrogens with one attached hydrogen (secondary N) is 1. The minimum Gasteiger partial charge on any atom is -0.316 e. The molecular formula is C22H24N2OS. The average molecular weight is 365 g/mol. The Morgan fingerprint density at radius 3 is 2.50 bits per heavy atom. The molecule has 0 bridgehead atoms. The Balaban J connectivity index is 1.67. The number of carbonyl (C=O) groups excluding carboxylic acids is 1. The van der Waals surface area contributed by atoms with Gasteiger partial charge in [0.25, 0.3) is 0 Å². The lowest BCUT2D eigenvalue weighted by molar-refractivity contribution is -0.121. The summed E-state index contributed by atoms with van der Waals surface area (Å²) in [7, 11) is 0. The summed E-state index contributed by atoms with van der Waals surface area (Å²) in [6, 6.07) is 10.7. The molecule has 0 radical (unpaired) electrons. The van der Waals surface area contributed by atoms with Gasteiger partial charge in [0.2, 0.25) is 5.91 Å². The number of hydrogen-bond donors (Lipinski definition) is 1. The summed E-state index contributed by atoms with van der Waals surface area (Å²) in [5.74, 6) is 0.0638. The van der Waals surface area contributed by atoms with Crippen LogP contribution in [0, 0.1) is 18.3 Å². The molecule has 1 aromatic heterocycles. The highest BCUT2D eigenvalue weighted by Gasteiger charge is 2.43. The molecular weight excluding hydrogens is 340 g/mol. The lowest BCUT2D eigenvalue weighted by Gasteiger charge is -2.28. The zero-order chi connectivity index (χ0) is 18.1. The second-order valence-electron chi connectivity index (χ2n) is 7.64. The van der Waals surface area contributed by atoms with Gasteiger partial charge in [-0.25, -0.2) is 0 Å². The van der Waals surface area contributed by atoms with Crippen molar-refractivity contribution in [2.45, 2.75) is 63.7 Å². The fourth-order valence-electron chi connectivity index (χ4n) is 4.49. The molecule has 4 heteroatoms. The van der Waals surface area contributed by atoms with E-state index in [4.69, 9.17) is 0 Å². The first kappa shape index (κ1) is 17.3. The number of benzene rings is 1. The van der Waals surface area contributed by atoms with E-state index in [9.17, 15) is 10.1 Å². The van der Waals surface area contributed by atoms with Crippen molar-refractivity contribution in [3.05, 3.63) is 51.4 Å². The van der Waals surface area contributed by atoms with Crippen LogP contribution in [-0.4, -0.2) is 5.91 Å². The van der Waals surface area contributed by atoms with Crippen molar-refractivity contribution in [1.29, 1.82) is 5.26 Å². The quantitative estimate of drug-likeness (QED) is 0.808. The number of thiophene rings is 1. The summed E-state index contributed by atoms with van der Waals surface area (Å²) in [5, 5.41) is 13.6. The molecule has 0 aliphatic heterocycles. The number of hydrogen-bond acceptors (Lipinski definition) is 3. The van der Waals surface area contributed by atoms with Crippen molar-refractivity contribution in [2.24, 2.45) is 0 Å². The molecule has 1 saturated carbocycles. The minimum atomic E-state index is -0.453. The summed E-state index contributed by atoms with van der Waals surface area (Å²) < 4.78 is 0. The van der Waals surface area contributed by atoms with E-state index in [-0.39, 0.29) is 5.91 Å². The van der Waals surface area contributed by atoms with E-state index >= 15 is 0 Å². The maximum absolute atomic E-state index is 13.4. The molecule has 3 nitrogen and oxygen atoms in total. The van der Waals surface area contributed by atoms with Crippen molar-refractivity contribution in [1.82, 2.24) is 0 Å². The van der Waals surface area contributed by atoms with Gasteiger partial charge in [-0.15, -0.1) is 11.3 Å². The van der Waals surface area contributed by atoms with E-state index in [1.165, 1.54) is 22.4 Å². The Bertz CT molecular complexity index is 867. The lowest BCUT2D eigenvalue weighted by atomic mass is 9.77. The van der Waals surface area contributed by atoms with Gasteiger partial charge in [-0.2, -0.15) is 5.26 Å². The number of carbonyl (C=O) groups is 1. The van der Waals surface area contributed by atoms with Gasteiger partial charge >= 0.3 is 0 Å². The lowest BCUT2D eigenvalue weighted by Crippen LogP contribution is -2.38. The smallest absolute Gasteiger partial charge is 0.235 e. The molecule has 1 fully saturated rings. The van der Waals surface area contributed by atoms with Crippen LogP contribution in [0.3, 0.4) is 0 Å². The van der Waals surface area contributed by atoms with Gasteiger partial charge in [0.05, 0.1) is 11.0 Å². The van der Waals surface area contributed by atoms with Crippen molar-refractivity contribution < 1.29 is 4.79 Å². The monoisotopic (exact) mass is 364 g/mol. The Hall–Kier alpha value is -2.12. The molecule has 0 saturated heterocycles. The normalized spacial score (nSPS) is 18.2. The van der Waals surface area contributed by atoms with Crippen LogP contribution in [0.15, 0.2) is 24.3 Å². The Kier molecular flexibility index (Phi) is 4.58. The number of nitriles is 1. The Morgan fingerprint density at radius 2 is 1.81 bits per heavy atom. The molecule has 1 aromatic carbocycles. The summed E-state index contributed by atoms with van der Waals surface area (Å²) in [6.45, 7) is 2.07. The number of rotatable bonds is 3. The van der Waals surface area contributed by atoms with Gasteiger partial charge in [0, 0.05) is 4.88 Å². The van der Waals surface area contributed by atoms with Crippen LogP contribution < -0.4 is 5.32 Å². The van der Waals surface area contributed by atoms with Crippen LogP contribution >= 0.6 is 11.3 Å². The Labute approximate surface area is 159 Å². The van der Waals surface area contributed by atoms with E-state index in [0.717, 1.165) is 55.5 Å². The van der Waals surface area contributed by atoms with E-state index in [1.807, 2.05) is 0 Å². The number of fused-ring (bicyclic) bond motifs is 1. The molecule has 0 spiro atoms. The highest BCUT2D eigenvalue weighted by atomic mass is 32.1. The molecule has 2 aliphatic rings. The Morgan fingerprint density at radius 1 is 1.12 bits per heavy atom. The first-order chi connectivity index (χ1) is 12.6. The van der Waals surface area contributed by atoms with Crippen molar-refractivity contribution in [2.75, 3.05) is 5.32 Å². The zero-order valence-corrected chi connectivity index (χ0v) is 16.0. The molecule has 4 rings (SSSR count). The third-order valence-electron chi connectivity index (χ3n) is 6.01. The van der Waals surface area contributed by atoms with Crippen LogP contribution in [0.2, 0.25) is 0 Å². The molecule has 0 unspecified atom stereocenters. The van der Waals surface area contributed by atoms with E-state index < -0.39 is 5.41 Å². The molecule has 26 heavy (non-hydrogen) atoms. The van der Waals surface area contributed by atoms with Crippen LogP contribution in [0.1, 0.15) is 65.7 Å². The maximum Gasteiger partial charge on any atom is 0.235 e. The van der Waals surface area contributed by atoms with Gasteiger partial charge < -0.3 is 5.32 Å². The second-order valence-corrected chi connectivity index (χ2v) is 8.74. The summed E-state index contributed by atoms with van der Waals surface area (Å²) in [6.07, 6.45) is 8.24. The van der Waals surface area contributed by atoms with Crippen LogP contribution in [0.25, 0.3) is 0 Å². The third kappa shape index (κ3) is 2.85. The molecule has 2 aliphatic carbocycles. The number of aryl methyl sites for hydroxylation is 2. The molecule has 1 N–H and O–H groups in total. The first-order valence-corrected chi connectivity index (χ1v) is 10.4. The fourth-order valence-corrected chi connectivity index (χ4v) is 5.73. The number of anilines is 1. The molecule has 2 aromatic rings. The van der Waals surface area contributed by atoms with Gasteiger partial charge in [-0.1, -0.05) is 42.7 Å². The van der Waals surface area contributed by atoms with Crippen molar-refractivity contribution >= 4 is 22.2 Å². The average Bonchev–Trinajstić information content (AvgIpc) is 3.27. The summed E-state index contributed by atoms with van der Waals surface area (Å²) in [5.41, 5.74) is 3.74. The molecule has 0 atom stereocenters. The number of amides is 1. The van der Waals surface area contributed by atoms with E-state index in [2.05, 4.69) is 42.6 Å². The number of nitrogens with zero attached hydrogens (tertiary/aromatic N) is 1. The van der Waals surface area contributed by atoms with Gasteiger partial charge in [-0.05, 0) is 56.6 Å². The van der Waals surface area contributed by atoms with Gasteiger partial charge in [0.15, 0.2) is 0 Å². The van der Waals surface area contributed by atoms with Crippen molar-refractivity contribution in [3.8, 4) is 6.07 Å². The first-order valence-electron chi connectivity index (χ1n) is 9.57. The van der Waals surface area contributed by atoms with Crippen LogP contribution in [-0.2, 0) is 23.1 Å². The van der Waals surface area contributed by atoms with E-state index in [0.29, 0.717) is 5.56 Å². The highest BCUT2D eigenvalue weighted by molar-refractivity contribution is 7.16. The molecule has 1 heterocycles. The van der Waals surface area contributed by atoms with E-state index in [1.54, 1.807) is 11.3 Å². The largest absolute Gasteiger partial charge is 0.316 e. The third-order valence-corrected chi connectivity index (χ3v) is 7.21. The van der Waals surface area contributed by atoms with Gasteiger partial charge in [0.1, 0.15) is 11.1 Å². The highest BCUT2D eigenvalue weighted by Crippen LogP contribution is 2.44. The van der Waals surface area contributed by atoms with Crippen molar-refractivity contribution in [3.63, 3.8) is 0 Å². The maximum atomic E-state index is 13.4.